The quantitative estimate of drug-likeness (QED) is 0.927. The molecule has 21 heavy (non-hydrogen) atoms. The van der Waals surface area contributed by atoms with E-state index in [1.54, 1.807) is 13.2 Å². The van der Waals surface area contributed by atoms with Crippen LogP contribution in [0, 0.1) is 0 Å². The molecule has 0 aromatic heterocycles. The van der Waals surface area contributed by atoms with Crippen LogP contribution in [-0.2, 0) is 6.54 Å². The van der Waals surface area contributed by atoms with Crippen LogP contribution in [0.2, 0.25) is 0 Å². The Morgan fingerprint density at radius 1 is 1.29 bits per heavy atom. The highest BCUT2D eigenvalue weighted by Crippen LogP contribution is 2.29. The van der Waals surface area contributed by atoms with Gasteiger partial charge in [0.15, 0.2) is 11.5 Å². The van der Waals surface area contributed by atoms with E-state index >= 15 is 0 Å². The van der Waals surface area contributed by atoms with E-state index < -0.39 is 0 Å². The summed E-state index contributed by atoms with van der Waals surface area (Å²) < 4.78 is 5.21. The van der Waals surface area contributed by atoms with Gasteiger partial charge in [0.1, 0.15) is 0 Å². The molecule has 4 heteroatoms. The third kappa shape index (κ3) is 3.16. The summed E-state index contributed by atoms with van der Waals surface area (Å²) in [6.45, 7) is 6.87. The lowest BCUT2D eigenvalue weighted by molar-refractivity contribution is 0.0110. The topological polar surface area (TPSA) is 35.9 Å². The van der Waals surface area contributed by atoms with Crippen LogP contribution in [0.25, 0.3) is 0 Å². The number of piperidine rings is 1. The number of fused-ring (bicyclic) bond motifs is 1. The summed E-state index contributed by atoms with van der Waals surface area (Å²) >= 11 is 0. The van der Waals surface area contributed by atoms with Gasteiger partial charge in [0.05, 0.1) is 7.11 Å². The Balaban J connectivity index is 1.69. The number of benzene rings is 1. The number of rotatable bonds is 3. The monoisotopic (exact) mass is 290 g/mol. The van der Waals surface area contributed by atoms with E-state index in [0.717, 1.165) is 19.1 Å². The first-order valence-corrected chi connectivity index (χ1v) is 8.01. The molecule has 116 valence electrons. The maximum absolute atomic E-state index is 9.70. The smallest absolute Gasteiger partial charge is 0.160 e. The zero-order valence-electron chi connectivity index (χ0n) is 13.1. The first kappa shape index (κ1) is 14.7. The standard InChI is InChI=1S/C17H26N2O2/c1-13-10-18-8-4-3-5-15(18)12-19(13)11-14-6-7-16(20)17(9-14)21-2/h6-7,9,13,15,20H,3-5,8,10-12H2,1-2H3. The van der Waals surface area contributed by atoms with Crippen LogP contribution in [0.4, 0.5) is 0 Å². The van der Waals surface area contributed by atoms with Gasteiger partial charge in [-0.15, -0.1) is 0 Å². The Labute approximate surface area is 127 Å². The molecule has 1 N–H and O–H groups in total. The predicted molar refractivity (Wildman–Crippen MR) is 83.7 cm³/mol. The first-order chi connectivity index (χ1) is 10.2. The van der Waals surface area contributed by atoms with E-state index in [9.17, 15) is 5.11 Å². The van der Waals surface area contributed by atoms with E-state index in [1.165, 1.54) is 37.9 Å². The second kappa shape index (κ2) is 6.24. The SMILES string of the molecule is COc1cc(CN2CC3CCCCN3CC2C)ccc1O. The van der Waals surface area contributed by atoms with E-state index in [-0.39, 0.29) is 5.75 Å². The van der Waals surface area contributed by atoms with Gasteiger partial charge in [-0.3, -0.25) is 9.80 Å². The number of piperazine rings is 1. The molecular formula is C17H26N2O2. The van der Waals surface area contributed by atoms with Gasteiger partial charge in [-0.05, 0) is 44.0 Å². The molecule has 1 aromatic carbocycles. The molecule has 1 aromatic rings. The van der Waals surface area contributed by atoms with Crippen molar-refractivity contribution in [3.63, 3.8) is 0 Å². The molecule has 2 saturated heterocycles. The van der Waals surface area contributed by atoms with E-state index in [4.69, 9.17) is 4.74 Å². The molecular weight excluding hydrogens is 264 g/mol. The van der Waals surface area contributed by atoms with Gasteiger partial charge in [-0.25, -0.2) is 0 Å². The van der Waals surface area contributed by atoms with Gasteiger partial charge >= 0.3 is 0 Å². The largest absolute Gasteiger partial charge is 0.504 e. The lowest BCUT2D eigenvalue weighted by Crippen LogP contribution is -2.58. The van der Waals surface area contributed by atoms with E-state index in [0.29, 0.717) is 11.8 Å². The normalized spacial score (nSPS) is 27.3. The van der Waals surface area contributed by atoms with Gasteiger partial charge in [-0.2, -0.15) is 0 Å². The van der Waals surface area contributed by atoms with Gasteiger partial charge in [0.2, 0.25) is 0 Å². The molecule has 2 aliphatic rings. The molecule has 4 nitrogen and oxygen atoms in total. The minimum Gasteiger partial charge on any atom is -0.504 e. The summed E-state index contributed by atoms with van der Waals surface area (Å²) in [6, 6.07) is 7.00. The Bertz CT molecular complexity index is 492. The Morgan fingerprint density at radius 2 is 2.14 bits per heavy atom. The van der Waals surface area contributed by atoms with Crippen molar-refractivity contribution in [1.82, 2.24) is 9.80 Å². The number of phenolic OH excluding ortho intramolecular Hbond substituents is 1. The molecule has 2 atom stereocenters. The summed E-state index contributed by atoms with van der Waals surface area (Å²) in [7, 11) is 1.60. The fraction of sp³-hybridized carbons (Fsp3) is 0.647. The average Bonchev–Trinajstić information content (AvgIpc) is 2.50. The molecule has 0 radical (unpaired) electrons. The van der Waals surface area contributed by atoms with E-state index in [1.807, 2.05) is 12.1 Å². The average molecular weight is 290 g/mol. The summed E-state index contributed by atoms with van der Waals surface area (Å²) in [5.74, 6) is 0.780. The van der Waals surface area contributed by atoms with Crippen LogP contribution in [0.15, 0.2) is 18.2 Å². The van der Waals surface area contributed by atoms with Gasteiger partial charge in [0, 0.05) is 31.7 Å². The van der Waals surface area contributed by atoms with Crippen LogP contribution >= 0.6 is 0 Å². The number of phenols is 1. The first-order valence-electron chi connectivity index (χ1n) is 8.01. The number of aromatic hydroxyl groups is 1. The third-order valence-electron chi connectivity index (χ3n) is 4.95. The molecule has 0 saturated carbocycles. The van der Waals surface area contributed by atoms with Crippen molar-refractivity contribution in [2.45, 2.75) is 44.8 Å². The minimum absolute atomic E-state index is 0.214. The molecule has 0 amide bonds. The summed E-state index contributed by atoms with van der Waals surface area (Å²) in [5, 5.41) is 9.70. The van der Waals surface area contributed by atoms with Gasteiger partial charge < -0.3 is 9.84 Å². The van der Waals surface area contributed by atoms with Crippen molar-refractivity contribution in [3.8, 4) is 11.5 Å². The Kier molecular flexibility index (Phi) is 4.36. The maximum Gasteiger partial charge on any atom is 0.160 e. The van der Waals surface area contributed by atoms with Crippen LogP contribution < -0.4 is 4.74 Å². The molecule has 2 aliphatic heterocycles. The van der Waals surface area contributed by atoms with Crippen molar-refractivity contribution in [2.75, 3.05) is 26.7 Å². The lowest BCUT2D eigenvalue weighted by Gasteiger charge is -2.47. The molecule has 3 rings (SSSR count). The third-order valence-corrected chi connectivity index (χ3v) is 4.95. The highest BCUT2D eigenvalue weighted by Gasteiger charge is 2.32. The highest BCUT2D eigenvalue weighted by atomic mass is 16.5. The zero-order chi connectivity index (χ0) is 14.8. The molecule has 0 aliphatic carbocycles. The van der Waals surface area contributed by atoms with Crippen molar-refractivity contribution in [1.29, 1.82) is 0 Å². The maximum atomic E-state index is 9.70. The molecule has 2 heterocycles. The van der Waals surface area contributed by atoms with Gasteiger partial charge in [0.25, 0.3) is 0 Å². The predicted octanol–water partition coefficient (Wildman–Crippen LogP) is 2.46. The Morgan fingerprint density at radius 3 is 2.95 bits per heavy atom. The fourth-order valence-electron chi connectivity index (χ4n) is 3.69. The van der Waals surface area contributed by atoms with E-state index in [2.05, 4.69) is 16.7 Å². The number of nitrogens with zero attached hydrogens (tertiary/aromatic N) is 2. The van der Waals surface area contributed by atoms with Crippen LogP contribution in [0.5, 0.6) is 11.5 Å². The number of hydrogen-bond acceptors (Lipinski definition) is 4. The lowest BCUT2D eigenvalue weighted by atomic mass is 9.96. The van der Waals surface area contributed by atoms with Crippen LogP contribution in [0.1, 0.15) is 31.7 Å². The van der Waals surface area contributed by atoms with Crippen molar-refractivity contribution >= 4 is 0 Å². The summed E-state index contributed by atoms with van der Waals surface area (Å²) in [5.41, 5.74) is 1.21. The number of hydrogen-bond donors (Lipinski definition) is 1. The summed E-state index contributed by atoms with van der Waals surface area (Å²) in [4.78, 5) is 5.24. The summed E-state index contributed by atoms with van der Waals surface area (Å²) in [6.07, 6.45) is 4.07. The second-order valence-corrected chi connectivity index (χ2v) is 6.43. The Hall–Kier alpha value is -1.26. The van der Waals surface area contributed by atoms with Crippen LogP contribution in [-0.4, -0.2) is 53.7 Å². The van der Waals surface area contributed by atoms with Crippen LogP contribution in [0.3, 0.4) is 0 Å². The van der Waals surface area contributed by atoms with Crippen molar-refractivity contribution < 1.29 is 9.84 Å². The number of ether oxygens (including phenoxy) is 1. The van der Waals surface area contributed by atoms with Crippen molar-refractivity contribution in [3.05, 3.63) is 23.8 Å². The molecule has 0 bridgehead atoms. The number of methoxy groups -OCH3 is 1. The molecule has 2 fully saturated rings. The van der Waals surface area contributed by atoms with Crippen molar-refractivity contribution in [2.24, 2.45) is 0 Å². The molecule has 0 spiro atoms. The van der Waals surface area contributed by atoms with Gasteiger partial charge in [-0.1, -0.05) is 12.5 Å². The highest BCUT2D eigenvalue weighted by molar-refractivity contribution is 5.41. The minimum atomic E-state index is 0.214. The fourth-order valence-corrected chi connectivity index (χ4v) is 3.69. The molecule has 2 unspecified atom stereocenters. The zero-order valence-corrected chi connectivity index (χ0v) is 13.1. The second-order valence-electron chi connectivity index (χ2n) is 6.43.